The van der Waals surface area contributed by atoms with Gasteiger partial charge >= 0.3 is 0 Å². The van der Waals surface area contributed by atoms with E-state index in [-0.39, 0.29) is 18.2 Å². The number of aliphatic hydroxyl groups is 1. The van der Waals surface area contributed by atoms with Crippen molar-refractivity contribution in [3.63, 3.8) is 0 Å². The third-order valence-corrected chi connectivity index (χ3v) is 5.82. The first-order valence-electron chi connectivity index (χ1n) is 8.98. The molecular weight excluding hydrogens is 403 g/mol. The minimum Gasteiger partial charge on any atom is -0.508 e. The molecule has 4 N–H and O–H groups in total. The molecule has 0 radical (unpaired) electrons. The number of benzene rings is 2. The van der Waals surface area contributed by atoms with Crippen LogP contribution >= 0.6 is 23.2 Å². The van der Waals surface area contributed by atoms with E-state index in [4.69, 9.17) is 23.2 Å². The molecule has 0 spiro atoms. The van der Waals surface area contributed by atoms with Gasteiger partial charge in [-0.25, -0.2) is 5.21 Å². The molecule has 4 atom stereocenters. The monoisotopic (exact) mass is 425 g/mol. The van der Waals surface area contributed by atoms with Crippen molar-refractivity contribution in [2.24, 2.45) is 0 Å². The summed E-state index contributed by atoms with van der Waals surface area (Å²) >= 11 is 12.3. The van der Waals surface area contributed by atoms with Gasteiger partial charge in [-0.15, -0.1) is 0 Å². The van der Waals surface area contributed by atoms with Crippen molar-refractivity contribution >= 4 is 29.1 Å². The Bertz CT molecular complexity index is 879. The van der Waals surface area contributed by atoms with Gasteiger partial charge in [-0.3, -0.25) is 4.79 Å². The second-order valence-corrected chi connectivity index (χ2v) is 8.04. The number of hydrogen-bond acceptors (Lipinski definition) is 4. The summed E-state index contributed by atoms with van der Waals surface area (Å²) in [7, 11) is 0. The van der Waals surface area contributed by atoms with E-state index in [2.05, 4.69) is 5.32 Å². The minimum absolute atomic E-state index is 0.0479. The molecular formula is C20H23Cl2N2O4+. The Morgan fingerprint density at radius 1 is 1.18 bits per heavy atom. The van der Waals surface area contributed by atoms with Crippen LogP contribution in [0.2, 0.25) is 10.0 Å². The zero-order chi connectivity index (χ0) is 20.5. The number of quaternary nitrogens is 1. The van der Waals surface area contributed by atoms with Gasteiger partial charge in [0, 0.05) is 18.9 Å². The molecule has 3 rings (SSSR count). The van der Waals surface area contributed by atoms with Gasteiger partial charge in [0.1, 0.15) is 31.0 Å². The van der Waals surface area contributed by atoms with Crippen molar-refractivity contribution in [2.45, 2.75) is 31.5 Å². The molecule has 0 bridgehead atoms. The highest BCUT2D eigenvalue weighted by atomic mass is 35.5. The lowest BCUT2D eigenvalue weighted by Gasteiger charge is -2.39. The summed E-state index contributed by atoms with van der Waals surface area (Å²) < 4.78 is -0.472. The lowest BCUT2D eigenvalue weighted by Crippen LogP contribution is -2.51. The van der Waals surface area contributed by atoms with Crippen LogP contribution in [0.3, 0.4) is 0 Å². The number of carbonyl (C=O) groups is 1. The average molecular weight is 426 g/mol. The van der Waals surface area contributed by atoms with Crippen molar-refractivity contribution in [2.75, 3.05) is 13.1 Å². The molecule has 1 fully saturated rings. The number of nitrogens with one attached hydrogen (secondary N) is 1. The summed E-state index contributed by atoms with van der Waals surface area (Å²) in [5.74, 6) is -0.239. The van der Waals surface area contributed by atoms with Gasteiger partial charge in [0.05, 0.1) is 10.0 Å². The Morgan fingerprint density at radius 3 is 2.50 bits per heavy atom. The standard InChI is InChI=1S/C20H22Cl2N2O4/c1-12(25)23-19(13-3-2-4-15(26)9-13)20(24(28)8-7-16(27)11-24)14-5-6-17(21)18(22)10-14/h2-6,9-10,16,19-20,27-28H,7-8,11H2,1H3,(H-,23,25,26)/p+1/t16-,19-,20?,24?/m0/s1. The summed E-state index contributed by atoms with van der Waals surface area (Å²) in [6, 6.07) is 10.2. The van der Waals surface area contributed by atoms with E-state index in [0.29, 0.717) is 34.1 Å². The van der Waals surface area contributed by atoms with Crippen molar-refractivity contribution in [3.05, 3.63) is 63.6 Å². The quantitative estimate of drug-likeness (QED) is 0.551. The number of carbonyl (C=O) groups excluding carboxylic acids is 1. The fourth-order valence-corrected chi connectivity index (χ4v) is 4.20. The van der Waals surface area contributed by atoms with Crippen molar-refractivity contribution in [1.82, 2.24) is 5.32 Å². The predicted octanol–water partition coefficient (Wildman–Crippen LogP) is 3.59. The van der Waals surface area contributed by atoms with Crippen LogP contribution in [-0.4, -0.2) is 45.2 Å². The molecule has 1 aliphatic rings. The molecule has 1 heterocycles. The maximum absolute atomic E-state index is 12.0. The molecule has 1 amide bonds. The van der Waals surface area contributed by atoms with Gasteiger partial charge < -0.3 is 15.5 Å². The zero-order valence-corrected chi connectivity index (χ0v) is 16.9. The highest BCUT2D eigenvalue weighted by Gasteiger charge is 2.49. The molecule has 8 heteroatoms. The first-order valence-corrected chi connectivity index (χ1v) is 9.74. The fraction of sp³-hybridized carbons (Fsp3) is 0.350. The summed E-state index contributed by atoms with van der Waals surface area (Å²) in [4.78, 5) is 12.0. The number of rotatable bonds is 5. The second kappa shape index (κ2) is 8.27. The first-order chi connectivity index (χ1) is 13.2. The van der Waals surface area contributed by atoms with E-state index < -0.39 is 22.8 Å². The Balaban J connectivity index is 2.16. The number of aliphatic hydroxyl groups excluding tert-OH is 1. The number of aromatic hydroxyl groups is 1. The zero-order valence-electron chi connectivity index (χ0n) is 15.3. The lowest BCUT2D eigenvalue weighted by atomic mass is 9.91. The van der Waals surface area contributed by atoms with Crippen LogP contribution in [0.25, 0.3) is 0 Å². The van der Waals surface area contributed by atoms with Crippen molar-refractivity contribution in [1.29, 1.82) is 0 Å². The van der Waals surface area contributed by atoms with Crippen molar-refractivity contribution in [3.8, 4) is 5.75 Å². The van der Waals surface area contributed by atoms with Crippen LogP contribution in [0.4, 0.5) is 0 Å². The van der Waals surface area contributed by atoms with Gasteiger partial charge in [-0.2, -0.15) is 4.65 Å². The molecule has 0 saturated carbocycles. The number of amides is 1. The predicted molar refractivity (Wildman–Crippen MR) is 106 cm³/mol. The van der Waals surface area contributed by atoms with Gasteiger partial charge in [0.15, 0.2) is 6.04 Å². The van der Waals surface area contributed by atoms with E-state index in [0.717, 1.165) is 0 Å². The number of phenols is 1. The number of hydroxylamine groups is 3. The van der Waals surface area contributed by atoms with Crippen LogP contribution < -0.4 is 5.32 Å². The number of phenolic OH excluding ortho intramolecular Hbond substituents is 1. The van der Waals surface area contributed by atoms with E-state index >= 15 is 0 Å². The van der Waals surface area contributed by atoms with Gasteiger partial charge in [0.2, 0.25) is 5.91 Å². The molecule has 1 aliphatic heterocycles. The smallest absolute Gasteiger partial charge is 0.217 e. The Hall–Kier alpha value is -1.83. The summed E-state index contributed by atoms with van der Waals surface area (Å²) in [6.45, 7) is 1.81. The number of halogens is 2. The Morgan fingerprint density at radius 2 is 1.93 bits per heavy atom. The first kappa shape index (κ1) is 20.9. The van der Waals surface area contributed by atoms with Crippen molar-refractivity contribution < 1.29 is 24.9 Å². The maximum Gasteiger partial charge on any atom is 0.217 e. The SMILES string of the molecule is CC(=O)N[C@@H](c1cccc(O)c1)C(c1ccc(Cl)c(Cl)c1)[N+]1(O)CC[C@H](O)C1. The third-order valence-electron chi connectivity index (χ3n) is 5.08. The Kier molecular flexibility index (Phi) is 6.17. The summed E-state index contributed by atoms with van der Waals surface area (Å²) in [6.07, 6.45) is -0.223. The van der Waals surface area contributed by atoms with Crippen LogP contribution in [0.5, 0.6) is 5.75 Å². The van der Waals surface area contributed by atoms with Gasteiger partial charge in [-0.05, 0) is 29.8 Å². The highest BCUT2D eigenvalue weighted by Crippen LogP contribution is 2.42. The number of nitrogens with zero attached hydrogens (tertiary/aromatic N) is 1. The fourth-order valence-electron chi connectivity index (χ4n) is 3.90. The third kappa shape index (κ3) is 4.42. The van der Waals surface area contributed by atoms with E-state index in [1.54, 1.807) is 36.4 Å². The molecule has 28 heavy (non-hydrogen) atoms. The van der Waals surface area contributed by atoms with Gasteiger partial charge in [0.25, 0.3) is 0 Å². The Labute approximate surface area is 173 Å². The normalized spacial score (nSPS) is 24.0. The van der Waals surface area contributed by atoms with Crippen LogP contribution in [-0.2, 0) is 4.79 Å². The topological polar surface area (TPSA) is 89.8 Å². The second-order valence-electron chi connectivity index (χ2n) is 7.23. The molecule has 150 valence electrons. The molecule has 0 aromatic heterocycles. The minimum atomic E-state index is -0.669. The van der Waals surface area contributed by atoms with Gasteiger partial charge in [-0.1, -0.05) is 41.4 Å². The molecule has 2 aromatic carbocycles. The van der Waals surface area contributed by atoms with Crippen LogP contribution in [0.15, 0.2) is 42.5 Å². The van der Waals surface area contributed by atoms with Crippen LogP contribution in [0.1, 0.15) is 36.6 Å². The largest absolute Gasteiger partial charge is 0.508 e. The van der Waals surface area contributed by atoms with Crippen LogP contribution in [0, 0.1) is 0 Å². The molecule has 2 aromatic rings. The lowest BCUT2D eigenvalue weighted by molar-refractivity contribution is -1.12. The highest BCUT2D eigenvalue weighted by molar-refractivity contribution is 6.42. The maximum atomic E-state index is 12.0. The molecule has 6 nitrogen and oxygen atoms in total. The van der Waals surface area contributed by atoms with E-state index in [1.165, 1.54) is 13.0 Å². The summed E-state index contributed by atoms with van der Waals surface area (Å²) in [5, 5.41) is 35.1. The van der Waals surface area contributed by atoms with E-state index in [9.17, 15) is 20.2 Å². The average Bonchev–Trinajstić information content (AvgIpc) is 2.96. The molecule has 1 saturated heterocycles. The molecule has 0 aliphatic carbocycles. The number of hydrogen-bond donors (Lipinski definition) is 4. The number of likely N-dealkylation sites (tertiary alicyclic amines) is 1. The summed E-state index contributed by atoms with van der Waals surface area (Å²) in [5.41, 5.74) is 1.28. The molecule has 2 unspecified atom stereocenters. The van der Waals surface area contributed by atoms with E-state index in [1.807, 2.05) is 0 Å².